The minimum atomic E-state index is -0.0849. The molecule has 1 rings (SSSR count). The van der Waals surface area contributed by atoms with Gasteiger partial charge < -0.3 is 0 Å². The second kappa shape index (κ2) is 6.28. The predicted octanol–water partition coefficient (Wildman–Crippen LogP) is 2.84. The maximum Gasteiger partial charge on any atom is 0.240 e. The Labute approximate surface area is 101 Å². The molecule has 16 heavy (non-hydrogen) atoms. The first kappa shape index (κ1) is 12.7. The molecule has 1 aromatic rings. The van der Waals surface area contributed by atoms with Gasteiger partial charge in [-0.25, -0.2) is 5.43 Å². The maximum absolute atomic E-state index is 11.3. The zero-order valence-electron chi connectivity index (χ0n) is 9.40. The van der Waals surface area contributed by atoms with Crippen LogP contribution in [0.2, 0.25) is 5.02 Å². The number of hydrogen-bond acceptors (Lipinski definition) is 2. The lowest BCUT2D eigenvalue weighted by Gasteiger charge is -2.02. The summed E-state index contributed by atoms with van der Waals surface area (Å²) in [7, 11) is 0. The van der Waals surface area contributed by atoms with Gasteiger partial charge in [-0.3, -0.25) is 4.79 Å². The normalized spacial score (nSPS) is 11.0. The third kappa shape index (κ3) is 4.45. The molecule has 0 aliphatic heterocycles. The van der Waals surface area contributed by atoms with Crippen molar-refractivity contribution in [3.8, 4) is 0 Å². The van der Waals surface area contributed by atoms with Crippen molar-refractivity contribution >= 4 is 23.7 Å². The minimum Gasteiger partial charge on any atom is -0.273 e. The molecular formula is C12H15ClN2O. The van der Waals surface area contributed by atoms with Crippen LogP contribution in [0.1, 0.15) is 25.8 Å². The van der Waals surface area contributed by atoms with E-state index >= 15 is 0 Å². The van der Waals surface area contributed by atoms with Crippen LogP contribution in [0.5, 0.6) is 0 Å². The van der Waals surface area contributed by atoms with Gasteiger partial charge in [-0.05, 0) is 12.0 Å². The van der Waals surface area contributed by atoms with Gasteiger partial charge in [0.15, 0.2) is 0 Å². The fourth-order valence-electron chi connectivity index (χ4n) is 1.17. The topological polar surface area (TPSA) is 41.5 Å². The Morgan fingerprint density at radius 2 is 2.19 bits per heavy atom. The van der Waals surface area contributed by atoms with E-state index in [9.17, 15) is 4.79 Å². The molecule has 0 heterocycles. The maximum atomic E-state index is 11.3. The summed E-state index contributed by atoms with van der Waals surface area (Å²) in [6, 6.07) is 7.32. The largest absolute Gasteiger partial charge is 0.273 e. The first-order valence-corrected chi connectivity index (χ1v) is 5.54. The SMILES string of the molecule is CC(C)CC(=O)NN=Cc1ccccc1Cl. The highest BCUT2D eigenvalue weighted by Crippen LogP contribution is 2.11. The lowest BCUT2D eigenvalue weighted by Crippen LogP contribution is -2.19. The number of carbonyl (C=O) groups excluding carboxylic acids is 1. The summed E-state index contributed by atoms with van der Waals surface area (Å²) in [4.78, 5) is 11.3. The molecule has 1 N–H and O–H groups in total. The van der Waals surface area contributed by atoms with Gasteiger partial charge in [-0.1, -0.05) is 43.6 Å². The van der Waals surface area contributed by atoms with E-state index in [0.717, 1.165) is 5.56 Å². The number of carbonyl (C=O) groups is 1. The molecule has 1 amide bonds. The van der Waals surface area contributed by atoms with Gasteiger partial charge in [0.2, 0.25) is 5.91 Å². The zero-order chi connectivity index (χ0) is 12.0. The lowest BCUT2D eigenvalue weighted by atomic mass is 10.1. The van der Waals surface area contributed by atoms with Crippen molar-refractivity contribution in [2.75, 3.05) is 0 Å². The highest BCUT2D eigenvalue weighted by atomic mass is 35.5. The van der Waals surface area contributed by atoms with Crippen LogP contribution in [0.15, 0.2) is 29.4 Å². The van der Waals surface area contributed by atoms with E-state index in [1.54, 1.807) is 12.3 Å². The fourth-order valence-corrected chi connectivity index (χ4v) is 1.35. The van der Waals surface area contributed by atoms with Crippen LogP contribution in [0.4, 0.5) is 0 Å². The zero-order valence-corrected chi connectivity index (χ0v) is 10.2. The molecule has 0 aromatic heterocycles. The highest BCUT2D eigenvalue weighted by Gasteiger charge is 2.02. The number of nitrogens with zero attached hydrogens (tertiary/aromatic N) is 1. The van der Waals surface area contributed by atoms with Crippen molar-refractivity contribution in [3.05, 3.63) is 34.9 Å². The van der Waals surface area contributed by atoms with Crippen molar-refractivity contribution in [1.82, 2.24) is 5.43 Å². The van der Waals surface area contributed by atoms with Crippen LogP contribution in [0.25, 0.3) is 0 Å². The van der Waals surface area contributed by atoms with Crippen LogP contribution in [0, 0.1) is 5.92 Å². The van der Waals surface area contributed by atoms with Gasteiger partial charge in [-0.15, -0.1) is 0 Å². The van der Waals surface area contributed by atoms with Gasteiger partial charge in [-0.2, -0.15) is 5.10 Å². The first-order chi connectivity index (χ1) is 7.59. The summed E-state index contributed by atoms with van der Waals surface area (Å²) in [5, 5.41) is 4.46. The Balaban J connectivity index is 2.49. The molecule has 3 nitrogen and oxygen atoms in total. The predicted molar refractivity (Wildman–Crippen MR) is 66.6 cm³/mol. The Morgan fingerprint density at radius 3 is 2.81 bits per heavy atom. The quantitative estimate of drug-likeness (QED) is 0.636. The summed E-state index contributed by atoms with van der Waals surface area (Å²) in [5.74, 6) is 0.244. The molecule has 0 aliphatic carbocycles. The summed E-state index contributed by atoms with van der Waals surface area (Å²) in [5.41, 5.74) is 3.25. The Morgan fingerprint density at radius 1 is 1.50 bits per heavy atom. The number of halogens is 1. The monoisotopic (exact) mass is 238 g/mol. The number of hydrogen-bond donors (Lipinski definition) is 1. The number of hydrazone groups is 1. The molecule has 0 atom stereocenters. The van der Waals surface area contributed by atoms with E-state index in [1.807, 2.05) is 32.0 Å². The van der Waals surface area contributed by atoms with Gasteiger partial charge in [0.1, 0.15) is 0 Å². The molecular weight excluding hydrogens is 224 g/mol. The third-order valence-electron chi connectivity index (χ3n) is 1.89. The Kier molecular flexibility index (Phi) is 4.99. The molecule has 86 valence electrons. The lowest BCUT2D eigenvalue weighted by molar-refractivity contribution is -0.121. The second-order valence-corrected chi connectivity index (χ2v) is 4.32. The number of amides is 1. The van der Waals surface area contributed by atoms with Gasteiger partial charge in [0, 0.05) is 17.0 Å². The Bertz CT molecular complexity index is 388. The van der Waals surface area contributed by atoms with Gasteiger partial charge in [0.05, 0.1) is 6.21 Å². The molecule has 0 bridgehead atoms. The fraction of sp³-hybridized carbons (Fsp3) is 0.333. The first-order valence-electron chi connectivity index (χ1n) is 5.16. The molecule has 4 heteroatoms. The molecule has 0 radical (unpaired) electrons. The van der Waals surface area contributed by atoms with Crippen LogP contribution in [-0.4, -0.2) is 12.1 Å². The molecule has 0 unspecified atom stereocenters. The smallest absolute Gasteiger partial charge is 0.240 e. The molecule has 0 saturated carbocycles. The second-order valence-electron chi connectivity index (χ2n) is 3.91. The van der Waals surface area contributed by atoms with Crippen LogP contribution >= 0.6 is 11.6 Å². The summed E-state index contributed by atoms with van der Waals surface area (Å²) in [6.07, 6.45) is 2.01. The summed E-state index contributed by atoms with van der Waals surface area (Å²) >= 11 is 5.92. The van der Waals surface area contributed by atoms with E-state index in [1.165, 1.54) is 0 Å². The third-order valence-corrected chi connectivity index (χ3v) is 2.24. The average Bonchev–Trinajstić information content (AvgIpc) is 2.19. The van der Waals surface area contributed by atoms with Gasteiger partial charge >= 0.3 is 0 Å². The number of rotatable bonds is 4. The molecule has 0 aliphatic rings. The van der Waals surface area contributed by atoms with Crippen LogP contribution in [-0.2, 0) is 4.79 Å². The van der Waals surface area contributed by atoms with Crippen molar-refractivity contribution in [1.29, 1.82) is 0 Å². The van der Waals surface area contributed by atoms with Crippen molar-refractivity contribution < 1.29 is 4.79 Å². The van der Waals surface area contributed by atoms with Crippen molar-refractivity contribution in [2.24, 2.45) is 11.0 Å². The Hall–Kier alpha value is -1.35. The van der Waals surface area contributed by atoms with Gasteiger partial charge in [0.25, 0.3) is 0 Å². The number of nitrogens with one attached hydrogen (secondary N) is 1. The molecule has 0 fully saturated rings. The molecule has 0 saturated heterocycles. The van der Waals surface area contributed by atoms with E-state index in [0.29, 0.717) is 17.4 Å². The summed E-state index contributed by atoms with van der Waals surface area (Å²) < 4.78 is 0. The molecule has 1 aromatic carbocycles. The van der Waals surface area contributed by atoms with E-state index < -0.39 is 0 Å². The summed E-state index contributed by atoms with van der Waals surface area (Å²) in [6.45, 7) is 3.97. The standard InChI is InChI=1S/C12H15ClN2O/c1-9(2)7-12(16)15-14-8-10-5-3-4-6-11(10)13/h3-6,8-9H,7H2,1-2H3,(H,15,16). The van der Waals surface area contributed by atoms with E-state index in [2.05, 4.69) is 10.5 Å². The minimum absolute atomic E-state index is 0.0849. The van der Waals surface area contributed by atoms with Crippen molar-refractivity contribution in [2.45, 2.75) is 20.3 Å². The van der Waals surface area contributed by atoms with Crippen LogP contribution < -0.4 is 5.43 Å². The van der Waals surface area contributed by atoms with E-state index in [4.69, 9.17) is 11.6 Å². The highest BCUT2D eigenvalue weighted by molar-refractivity contribution is 6.33. The number of benzene rings is 1. The van der Waals surface area contributed by atoms with Crippen LogP contribution in [0.3, 0.4) is 0 Å². The average molecular weight is 239 g/mol. The van der Waals surface area contributed by atoms with E-state index in [-0.39, 0.29) is 5.91 Å². The van der Waals surface area contributed by atoms with Crippen molar-refractivity contribution in [3.63, 3.8) is 0 Å². The molecule has 0 spiro atoms.